The van der Waals surface area contributed by atoms with Crippen molar-refractivity contribution in [1.82, 2.24) is 14.9 Å². The van der Waals surface area contributed by atoms with Crippen LogP contribution in [-0.4, -0.2) is 33.9 Å². The summed E-state index contributed by atoms with van der Waals surface area (Å²) in [5, 5.41) is 4.13. The minimum Gasteiger partial charge on any atom is -0.399 e. The van der Waals surface area contributed by atoms with E-state index in [-0.39, 0.29) is 24.1 Å². The lowest BCUT2D eigenvalue weighted by Gasteiger charge is -2.28. The molecule has 1 fully saturated rings. The average molecular weight is 522 g/mol. The summed E-state index contributed by atoms with van der Waals surface area (Å²) >= 11 is 0. The molecule has 198 valence electrons. The zero-order valence-electron chi connectivity index (χ0n) is 21.3. The van der Waals surface area contributed by atoms with E-state index in [0.717, 1.165) is 68.1 Å². The molecule has 3 N–H and O–H groups in total. The number of carbonyl (C=O) groups excluding carboxylic acids is 1. The van der Waals surface area contributed by atoms with Crippen molar-refractivity contribution in [2.75, 3.05) is 24.1 Å². The first-order chi connectivity index (χ1) is 18.2. The number of nitrogens with zero attached hydrogens (tertiary/aromatic N) is 3. The van der Waals surface area contributed by atoms with Crippen molar-refractivity contribution in [3.8, 4) is 0 Å². The SMILES string of the molecule is Cc1nc(NCc2cc(N)cc(C(F)(F)F)c2)c2cc(C3=CCN(C(=O)C4CC4)CC3)c3c(c2n1)CCC3. The third-order valence-electron chi connectivity index (χ3n) is 7.77. The van der Waals surface area contributed by atoms with Gasteiger partial charge in [0.1, 0.15) is 11.6 Å². The normalized spacial score (nSPS) is 17.5. The van der Waals surface area contributed by atoms with Crippen molar-refractivity contribution in [3.63, 3.8) is 0 Å². The quantitative estimate of drug-likeness (QED) is 0.423. The van der Waals surface area contributed by atoms with Gasteiger partial charge in [-0.15, -0.1) is 0 Å². The van der Waals surface area contributed by atoms with Crippen LogP contribution in [0, 0.1) is 12.8 Å². The van der Waals surface area contributed by atoms with E-state index in [4.69, 9.17) is 10.7 Å². The van der Waals surface area contributed by atoms with Gasteiger partial charge in [-0.2, -0.15) is 13.2 Å². The predicted octanol–water partition coefficient (Wildman–Crippen LogP) is 5.67. The van der Waals surface area contributed by atoms with Crippen LogP contribution in [0.1, 0.15) is 59.3 Å². The average Bonchev–Trinajstić information content (AvgIpc) is 3.61. The number of amides is 1. The summed E-state index contributed by atoms with van der Waals surface area (Å²) in [6.07, 6.45) is 3.49. The number of alkyl halides is 3. The number of rotatable bonds is 5. The molecule has 9 heteroatoms. The molecule has 0 radical (unpaired) electrons. The van der Waals surface area contributed by atoms with Crippen molar-refractivity contribution in [2.24, 2.45) is 5.92 Å². The van der Waals surface area contributed by atoms with Crippen molar-refractivity contribution < 1.29 is 18.0 Å². The van der Waals surface area contributed by atoms with Gasteiger partial charge in [-0.1, -0.05) is 6.08 Å². The smallest absolute Gasteiger partial charge is 0.399 e. The summed E-state index contributed by atoms with van der Waals surface area (Å²) in [5.74, 6) is 1.70. The van der Waals surface area contributed by atoms with Gasteiger partial charge in [-0.05, 0) is 97.5 Å². The van der Waals surface area contributed by atoms with E-state index in [1.807, 2.05) is 11.8 Å². The largest absolute Gasteiger partial charge is 0.416 e. The third-order valence-corrected chi connectivity index (χ3v) is 7.77. The molecule has 3 aliphatic rings. The molecule has 6 nitrogen and oxygen atoms in total. The zero-order valence-corrected chi connectivity index (χ0v) is 21.3. The van der Waals surface area contributed by atoms with Crippen molar-refractivity contribution in [1.29, 1.82) is 0 Å². The molecule has 1 amide bonds. The van der Waals surface area contributed by atoms with Gasteiger partial charge in [0, 0.05) is 36.6 Å². The van der Waals surface area contributed by atoms with Crippen LogP contribution in [0.5, 0.6) is 0 Å². The number of aryl methyl sites for hydroxylation is 2. The van der Waals surface area contributed by atoms with Gasteiger partial charge in [0.25, 0.3) is 0 Å². The monoisotopic (exact) mass is 521 g/mol. The second-order valence-corrected chi connectivity index (χ2v) is 10.6. The Labute approximate surface area is 219 Å². The summed E-state index contributed by atoms with van der Waals surface area (Å²) in [4.78, 5) is 23.9. The highest BCUT2D eigenvalue weighted by molar-refractivity contribution is 5.96. The highest BCUT2D eigenvalue weighted by Gasteiger charge is 2.34. The molecule has 2 aliphatic carbocycles. The number of nitrogen functional groups attached to an aromatic ring is 1. The second kappa shape index (κ2) is 9.29. The van der Waals surface area contributed by atoms with Crippen LogP contribution in [-0.2, 0) is 30.4 Å². The first kappa shape index (κ1) is 24.7. The van der Waals surface area contributed by atoms with Crippen LogP contribution in [0.3, 0.4) is 0 Å². The Bertz CT molecular complexity index is 1480. The Hall–Kier alpha value is -3.62. The van der Waals surface area contributed by atoms with Gasteiger partial charge in [-0.25, -0.2) is 9.97 Å². The number of nitrogens with two attached hydrogens (primary N) is 1. The number of carbonyl (C=O) groups is 1. The standard InChI is InChI=1S/C29H30F3N5O/c1-16-35-26-23-4-2-3-22(23)24(18-7-9-37(10-8-18)28(38)19-5-6-19)14-25(26)27(36-16)34-15-17-11-20(29(30,31)32)13-21(33)12-17/h7,11-14,19H,2-6,8-10,15,33H2,1H3,(H,34,35,36). The lowest BCUT2D eigenvalue weighted by atomic mass is 9.90. The molecular weight excluding hydrogens is 491 g/mol. The van der Waals surface area contributed by atoms with E-state index < -0.39 is 11.7 Å². The zero-order chi connectivity index (χ0) is 26.6. The second-order valence-electron chi connectivity index (χ2n) is 10.6. The van der Waals surface area contributed by atoms with E-state index in [1.165, 1.54) is 22.3 Å². The molecule has 0 unspecified atom stereocenters. The molecule has 3 aromatic rings. The molecule has 0 spiro atoms. The maximum Gasteiger partial charge on any atom is 0.416 e. The molecule has 38 heavy (non-hydrogen) atoms. The molecule has 2 heterocycles. The Morgan fingerprint density at radius 1 is 1.11 bits per heavy atom. The number of aromatic nitrogens is 2. The van der Waals surface area contributed by atoms with Crippen LogP contribution in [0.15, 0.2) is 30.3 Å². The van der Waals surface area contributed by atoms with Crippen LogP contribution in [0.25, 0.3) is 16.5 Å². The Kier molecular flexibility index (Phi) is 6.04. The number of hydrogen-bond donors (Lipinski definition) is 2. The first-order valence-corrected chi connectivity index (χ1v) is 13.2. The van der Waals surface area contributed by atoms with Gasteiger partial charge in [0.05, 0.1) is 11.1 Å². The Balaban J connectivity index is 1.35. The van der Waals surface area contributed by atoms with Gasteiger partial charge >= 0.3 is 6.18 Å². The van der Waals surface area contributed by atoms with Gasteiger partial charge in [0.2, 0.25) is 5.91 Å². The van der Waals surface area contributed by atoms with Crippen molar-refractivity contribution in [3.05, 3.63) is 64.0 Å². The van der Waals surface area contributed by atoms with Crippen molar-refractivity contribution >= 4 is 33.9 Å². The van der Waals surface area contributed by atoms with Gasteiger partial charge in [-0.3, -0.25) is 4.79 Å². The summed E-state index contributed by atoms with van der Waals surface area (Å²) in [7, 11) is 0. The molecule has 2 aromatic carbocycles. The fraction of sp³-hybridized carbons (Fsp3) is 0.414. The summed E-state index contributed by atoms with van der Waals surface area (Å²) < 4.78 is 39.9. The van der Waals surface area contributed by atoms with E-state index in [9.17, 15) is 18.0 Å². The maximum atomic E-state index is 13.3. The molecular formula is C29H30F3N5O. The number of nitrogens with one attached hydrogen (secondary N) is 1. The van der Waals surface area contributed by atoms with Crippen LogP contribution in [0.4, 0.5) is 24.7 Å². The minimum atomic E-state index is -4.47. The highest BCUT2D eigenvalue weighted by Crippen LogP contribution is 2.40. The summed E-state index contributed by atoms with van der Waals surface area (Å²) in [6, 6.07) is 5.74. The van der Waals surface area contributed by atoms with E-state index in [1.54, 1.807) is 6.07 Å². The lowest BCUT2D eigenvalue weighted by Crippen LogP contribution is -2.35. The van der Waals surface area contributed by atoms with Gasteiger partial charge < -0.3 is 16.0 Å². The molecule has 0 atom stereocenters. The third kappa shape index (κ3) is 4.70. The van der Waals surface area contributed by atoms with E-state index >= 15 is 0 Å². The topological polar surface area (TPSA) is 84.1 Å². The number of hydrogen-bond acceptors (Lipinski definition) is 5. The van der Waals surface area contributed by atoms with Gasteiger partial charge in [0.15, 0.2) is 0 Å². The summed E-state index contributed by atoms with van der Waals surface area (Å²) in [5.41, 5.74) is 11.4. The minimum absolute atomic E-state index is 0.0684. The molecule has 0 bridgehead atoms. The van der Waals surface area contributed by atoms with Crippen LogP contribution in [0.2, 0.25) is 0 Å². The molecule has 0 saturated heterocycles. The van der Waals surface area contributed by atoms with E-state index in [0.29, 0.717) is 23.8 Å². The summed E-state index contributed by atoms with van der Waals surface area (Å²) in [6.45, 7) is 3.33. The molecule has 1 aromatic heterocycles. The fourth-order valence-electron chi connectivity index (χ4n) is 5.78. The molecule has 6 rings (SSSR count). The predicted molar refractivity (Wildman–Crippen MR) is 141 cm³/mol. The Morgan fingerprint density at radius 2 is 1.89 bits per heavy atom. The first-order valence-electron chi connectivity index (χ1n) is 13.2. The van der Waals surface area contributed by atoms with Crippen LogP contribution < -0.4 is 11.1 Å². The van der Waals surface area contributed by atoms with Crippen molar-refractivity contribution in [2.45, 2.75) is 58.2 Å². The van der Waals surface area contributed by atoms with E-state index in [2.05, 4.69) is 22.4 Å². The number of anilines is 2. The Morgan fingerprint density at radius 3 is 2.61 bits per heavy atom. The highest BCUT2D eigenvalue weighted by atomic mass is 19.4. The molecule has 1 aliphatic heterocycles. The number of halogens is 3. The number of fused-ring (bicyclic) bond motifs is 3. The van der Waals surface area contributed by atoms with Crippen LogP contribution >= 0.6 is 0 Å². The fourth-order valence-corrected chi connectivity index (χ4v) is 5.78. The maximum absolute atomic E-state index is 13.3. The molecule has 1 saturated carbocycles. The lowest BCUT2D eigenvalue weighted by molar-refractivity contribution is -0.137. The number of benzene rings is 2.